The first-order chi connectivity index (χ1) is 15.6. The van der Waals surface area contributed by atoms with Gasteiger partial charge in [0.2, 0.25) is 0 Å². The van der Waals surface area contributed by atoms with E-state index in [1.807, 2.05) is 0 Å². The smallest absolute Gasteiger partial charge is 0.345 e. The van der Waals surface area contributed by atoms with Crippen LogP contribution in [0.15, 0.2) is 48.5 Å². The van der Waals surface area contributed by atoms with Gasteiger partial charge in [-0.05, 0) is 48.4 Å². The van der Waals surface area contributed by atoms with Crippen LogP contribution >= 0.6 is 0 Å². The van der Waals surface area contributed by atoms with Crippen LogP contribution in [0.5, 0.6) is 5.75 Å². The normalized spacial score (nSPS) is 12.0. The number of halogens is 4. The summed E-state index contributed by atoms with van der Waals surface area (Å²) < 4.78 is 63.3. The molecule has 0 bridgehead atoms. The molecule has 33 heavy (non-hydrogen) atoms. The van der Waals surface area contributed by atoms with Crippen LogP contribution in [0, 0.1) is 36.1 Å². The standard InChI is InChI=1S/C25H23F4NO3/c1-13(2)24(25(31)32)33-20-8-7-19(27)23(22(20)29)30-12-16-9-14(3)10-18(21(16)28)15-5-4-6-17(26)11-15/h4-11,13,24,30H,12H2,1-3H3,(H,31,32). The molecule has 0 aliphatic heterocycles. The third-order valence-corrected chi connectivity index (χ3v) is 5.04. The predicted octanol–water partition coefficient (Wildman–Crippen LogP) is 6.32. The van der Waals surface area contributed by atoms with Gasteiger partial charge in [0.05, 0.1) is 0 Å². The molecule has 0 aliphatic carbocycles. The van der Waals surface area contributed by atoms with Crippen molar-refractivity contribution in [3.8, 4) is 16.9 Å². The van der Waals surface area contributed by atoms with Crippen molar-refractivity contribution in [2.24, 2.45) is 5.92 Å². The van der Waals surface area contributed by atoms with Crippen LogP contribution in [0.25, 0.3) is 11.1 Å². The second-order valence-electron chi connectivity index (χ2n) is 8.00. The Balaban J connectivity index is 1.90. The van der Waals surface area contributed by atoms with Gasteiger partial charge in [0.1, 0.15) is 23.1 Å². The Bertz CT molecular complexity index is 1180. The zero-order valence-electron chi connectivity index (χ0n) is 18.3. The summed E-state index contributed by atoms with van der Waals surface area (Å²) in [6, 6.07) is 10.5. The molecular formula is C25H23F4NO3. The number of carboxylic acid groups (broad SMARTS) is 1. The summed E-state index contributed by atoms with van der Waals surface area (Å²) in [5.74, 6) is -5.44. The first kappa shape index (κ1) is 24.1. The van der Waals surface area contributed by atoms with Crippen LogP contribution in [0.3, 0.4) is 0 Å². The highest BCUT2D eigenvalue weighted by molar-refractivity contribution is 5.73. The van der Waals surface area contributed by atoms with Gasteiger partial charge in [0, 0.05) is 23.6 Å². The largest absolute Gasteiger partial charge is 0.478 e. The summed E-state index contributed by atoms with van der Waals surface area (Å²) in [5, 5.41) is 11.8. The number of carbonyl (C=O) groups is 1. The Labute approximate surface area is 188 Å². The molecule has 0 spiro atoms. The third-order valence-electron chi connectivity index (χ3n) is 5.04. The molecule has 3 aromatic rings. The molecule has 0 heterocycles. The van der Waals surface area contributed by atoms with E-state index in [9.17, 15) is 23.1 Å². The van der Waals surface area contributed by atoms with Gasteiger partial charge in [-0.2, -0.15) is 0 Å². The number of carboxylic acids is 1. The van der Waals surface area contributed by atoms with Crippen molar-refractivity contribution < 1.29 is 32.2 Å². The van der Waals surface area contributed by atoms with Gasteiger partial charge in [-0.1, -0.05) is 32.0 Å². The van der Waals surface area contributed by atoms with Gasteiger partial charge in [-0.25, -0.2) is 22.4 Å². The maximum Gasteiger partial charge on any atom is 0.345 e. The van der Waals surface area contributed by atoms with E-state index in [0.29, 0.717) is 11.1 Å². The highest BCUT2D eigenvalue weighted by Gasteiger charge is 2.26. The molecule has 3 rings (SSSR count). The van der Waals surface area contributed by atoms with E-state index >= 15 is 4.39 Å². The van der Waals surface area contributed by atoms with Crippen LogP contribution in [0.1, 0.15) is 25.0 Å². The van der Waals surface area contributed by atoms with E-state index in [4.69, 9.17) is 4.74 Å². The zero-order chi connectivity index (χ0) is 24.3. The highest BCUT2D eigenvalue weighted by atomic mass is 19.1. The lowest BCUT2D eigenvalue weighted by Crippen LogP contribution is -2.32. The lowest BCUT2D eigenvalue weighted by molar-refractivity contribution is -0.147. The van der Waals surface area contributed by atoms with E-state index in [0.717, 1.165) is 12.1 Å². The second kappa shape index (κ2) is 9.94. The Morgan fingerprint density at radius 1 is 1.03 bits per heavy atom. The molecule has 2 N–H and O–H groups in total. The van der Waals surface area contributed by atoms with Gasteiger partial charge in [0.25, 0.3) is 0 Å². The number of aliphatic carboxylic acids is 1. The Hall–Kier alpha value is -3.55. The van der Waals surface area contributed by atoms with Crippen LogP contribution in [-0.4, -0.2) is 17.2 Å². The maximum absolute atomic E-state index is 15.2. The van der Waals surface area contributed by atoms with Gasteiger partial charge >= 0.3 is 5.97 Å². The lowest BCUT2D eigenvalue weighted by atomic mass is 9.99. The number of hydrogen-bond donors (Lipinski definition) is 2. The molecule has 8 heteroatoms. The van der Waals surface area contributed by atoms with E-state index in [1.165, 1.54) is 24.3 Å². The minimum Gasteiger partial charge on any atom is -0.478 e. The fraction of sp³-hybridized carbons (Fsp3) is 0.240. The van der Waals surface area contributed by atoms with Crippen molar-refractivity contribution in [2.75, 3.05) is 5.32 Å². The molecule has 1 atom stereocenters. The fourth-order valence-corrected chi connectivity index (χ4v) is 3.42. The molecule has 0 radical (unpaired) electrons. The Morgan fingerprint density at radius 2 is 1.76 bits per heavy atom. The van der Waals surface area contributed by atoms with Crippen LogP contribution in [-0.2, 0) is 11.3 Å². The molecule has 0 aromatic heterocycles. The number of rotatable bonds is 8. The molecule has 1 unspecified atom stereocenters. The van der Waals surface area contributed by atoms with E-state index in [1.54, 1.807) is 32.9 Å². The summed E-state index contributed by atoms with van der Waals surface area (Å²) >= 11 is 0. The van der Waals surface area contributed by atoms with Crippen molar-refractivity contribution in [1.82, 2.24) is 0 Å². The molecule has 4 nitrogen and oxygen atoms in total. The van der Waals surface area contributed by atoms with Crippen molar-refractivity contribution in [3.63, 3.8) is 0 Å². The lowest BCUT2D eigenvalue weighted by Gasteiger charge is -2.20. The summed E-state index contributed by atoms with van der Waals surface area (Å²) in [6.07, 6.45) is -1.33. The average molecular weight is 461 g/mol. The molecule has 0 aliphatic rings. The monoisotopic (exact) mass is 461 g/mol. The van der Waals surface area contributed by atoms with E-state index in [-0.39, 0.29) is 17.7 Å². The highest BCUT2D eigenvalue weighted by Crippen LogP contribution is 2.31. The zero-order valence-corrected chi connectivity index (χ0v) is 18.3. The van der Waals surface area contributed by atoms with Crippen LogP contribution < -0.4 is 10.1 Å². The molecular weight excluding hydrogens is 438 g/mol. The van der Waals surface area contributed by atoms with Crippen molar-refractivity contribution in [1.29, 1.82) is 0 Å². The molecule has 0 amide bonds. The molecule has 0 saturated carbocycles. The number of hydrogen-bond acceptors (Lipinski definition) is 3. The predicted molar refractivity (Wildman–Crippen MR) is 117 cm³/mol. The van der Waals surface area contributed by atoms with Gasteiger partial charge in [-0.3, -0.25) is 0 Å². The molecule has 3 aromatic carbocycles. The Kier molecular flexibility index (Phi) is 7.26. The average Bonchev–Trinajstić information content (AvgIpc) is 2.74. The number of anilines is 1. The summed E-state index contributed by atoms with van der Waals surface area (Å²) in [4.78, 5) is 11.4. The molecule has 174 valence electrons. The van der Waals surface area contributed by atoms with Crippen LogP contribution in [0.2, 0.25) is 0 Å². The minimum absolute atomic E-state index is 0.116. The van der Waals surface area contributed by atoms with Crippen molar-refractivity contribution >= 4 is 11.7 Å². The quantitative estimate of drug-likeness (QED) is 0.386. The molecule has 0 fully saturated rings. The van der Waals surface area contributed by atoms with Crippen molar-refractivity contribution in [2.45, 2.75) is 33.4 Å². The number of benzene rings is 3. The number of aryl methyl sites for hydroxylation is 1. The van der Waals surface area contributed by atoms with Gasteiger partial charge in [0.15, 0.2) is 17.7 Å². The SMILES string of the molecule is Cc1cc(CNc2c(F)ccc(OC(C(=O)O)C(C)C)c2F)c(F)c(-c2cccc(F)c2)c1. The minimum atomic E-state index is -1.33. The maximum atomic E-state index is 15.2. The first-order valence-electron chi connectivity index (χ1n) is 10.2. The topological polar surface area (TPSA) is 58.6 Å². The Morgan fingerprint density at radius 3 is 2.39 bits per heavy atom. The van der Waals surface area contributed by atoms with Gasteiger partial charge in [-0.15, -0.1) is 0 Å². The fourth-order valence-electron chi connectivity index (χ4n) is 3.42. The second-order valence-corrected chi connectivity index (χ2v) is 8.00. The van der Waals surface area contributed by atoms with E-state index in [2.05, 4.69) is 5.32 Å². The third kappa shape index (κ3) is 5.45. The summed E-state index contributed by atoms with van der Waals surface area (Å²) in [7, 11) is 0. The van der Waals surface area contributed by atoms with Crippen LogP contribution in [0.4, 0.5) is 23.2 Å². The summed E-state index contributed by atoms with van der Waals surface area (Å²) in [6.45, 7) is 4.63. The van der Waals surface area contributed by atoms with Crippen molar-refractivity contribution in [3.05, 3.63) is 82.9 Å². The first-order valence-corrected chi connectivity index (χ1v) is 10.2. The van der Waals surface area contributed by atoms with Gasteiger partial charge < -0.3 is 15.2 Å². The number of ether oxygens (including phenoxy) is 1. The summed E-state index contributed by atoms with van der Waals surface area (Å²) in [5.41, 5.74) is 0.703. The molecule has 0 saturated heterocycles. The van der Waals surface area contributed by atoms with E-state index < -0.39 is 52.7 Å². The number of nitrogens with one attached hydrogen (secondary N) is 1.